The molecule has 3 aromatic rings. The summed E-state index contributed by atoms with van der Waals surface area (Å²) >= 11 is 3.35. The van der Waals surface area contributed by atoms with Gasteiger partial charge in [0.2, 0.25) is 0 Å². The third-order valence-corrected chi connectivity index (χ3v) is 5.02. The van der Waals surface area contributed by atoms with Crippen LogP contribution in [-0.4, -0.2) is 19.7 Å². The van der Waals surface area contributed by atoms with Crippen molar-refractivity contribution < 1.29 is 0 Å². The molecule has 3 rings (SSSR count). The molecule has 0 radical (unpaired) electrons. The molecule has 2 aromatic heterocycles. The van der Waals surface area contributed by atoms with Gasteiger partial charge < -0.3 is 10.3 Å². The Bertz CT molecular complexity index is 670. The van der Waals surface area contributed by atoms with Crippen LogP contribution in [0.25, 0.3) is 10.2 Å². The van der Waals surface area contributed by atoms with Gasteiger partial charge in [-0.05, 0) is 12.1 Å². The van der Waals surface area contributed by atoms with Gasteiger partial charge in [0, 0.05) is 7.05 Å². The summed E-state index contributed by atoms with van der Waals surface area (Å²) in [4.78, 5) is 4.60. The van der Waals surface area contributed by atoms with Crippen LogP contribution in [-0.2, 0) is 19.3 Å². The molecule has 0 bridgehead atoms. The van der Waals surface area contributed by atoms with E-state index in [4.69, 9.17) is 5.73 Å². The number of fused-ring (bicyclic) bond motifs is 1. The molecule has 0 atom stereocenters. The molecule has 7 heteroatoms. The van der Waals surface area contributed by atoms with Crippen LogP contribution in [0.1, 0.15) is 10.8 Å². The number of hydrogen-bond acceptors (Lipinski definition) is 6. The largest absolute Gasteiger partial charge is 0.324 e. The van der Waals surface area contributed by atoms with E-state index in [0.717, 1.165) is 27.3 Å². The molecule has 0 fully saturated rings. The third-order valence-electron chi connectivity index (χ3n) is 2.77. The fourth-order valence-corrected chi connectivity index (χ4v) is 3.65. The Labute approximate surface area is 118 Å². The molecule has 98 valence electrons. The maximum Gasteiger partial charge on any atom is 0.191 e. The minimum absolute atomic E-state index is 0.408. The number of thioether (sulfide) groups is 1. The normalized spacial score (nSPS) is 11.3. The summed E-state index contributed by atoms with van der Waals surface area (Å²) in [5.74, 6) is 1.60. The quantitative estimate of drug-likeness (QED) is 0.746. The maximum atomic E-state index is 5.58. The second-order valence-electron chi connectivity index (χ2n) is 4.03. The monoisotopic (exact) mass is 291 g/mol. The van der Waals surface area contributed by atoms with Gasteiger partial charge in [0.1, 0.15) is 10.8 Å². The summed E-state index contributed by atoms with van der Waals surface area (Å²) in [5.41, 5.74) is 6.64. The first-order valence-corrected chi connectivity index (χ1v) is 7.63. The molecule has 5 nitrogen and oxygen atoms in total. The molecule has 2 N–H and O–H groups in total. The van der Waals surface area contributed by atoms with E-state index >= 15 is 0 Å². The van der Waals surface area contributed by atoms with Crippen molar-refractivity contribution in [3.8, 4) is 0 Å². The standard InChI is InChI=1S/C12H13N5S2/c1-17-10(6-13)15-16-12(17)18-7-11-14-8-4-2-3-5-9(8)19-11/h2-5H,6-7,13H2,1H3. The number of hydrogen-bond donors (Lipinski definition) is 1. The highest BCUT2D eigenvalue weighted by Gasteiger charge is 2.09. The molecular weight excluding hydrogens is 278 g/mol. The van der Waals surface area contributed by atoms with Gasteiger partial charge in [-0.25, -0.2) is 4.98 Å². The molecule has 0 amide bonds. The van der Waals surface area contributed by atoms with Gasteiger partial charge in [0.15, 0.2) is 5.16 Å². The average Bonchev–Trinajstić information content (AvgIpc) is 2.99. The van der Waals surface area contributed by atoms with Crippen molar-refractivity contribution in [3.63, 3.8) is 0 Å². The number of rotatable bonds is 4. The van der Waals surface area contributed by atoms with Gasteiger partial charge in [0.05, 0.1) is 22.5 Å². The number of thiazole rings is 1. The molecule has 0 aliphatic heterocycles. The van der Waals surface area contributed by atoms with Crippen LogP contribution in [0.2, 0.25) is 0 Å². The first-order chi connectivity index (χ1) is 9.28. The lowest BCUT2D eigenvalue weighted by molar-refractivity contribution is 0.734. The number of nitrogens with two attached hydrogens (primary N) is 1. The Kier molecular flexibility index (Phi) is 3.50. The van der Waals surface area contributed by atoms with Gasteiger partial charge in [-0.1, -0.05) is 23.9 Å². The van der Waals surface area contributed by atoms with Crippen molar-refractivity contribution in [3.05, 3.63) is 35.1 Å². The molecule has 1 aromatic carbocycles. The summed E-state index contributed by atoms with van der Waals surface area (Å²) < 4.78 is 3.15. The van der Waals surface area contributed by atoms with Crippen molar-refractivity contribution in [1.82, 2.24) is 19.7 Å². The molecule has 0 saturated carbocycles. The maximum absolute atomic E-state index is 5.58. The first-order valence-electron chi connectivity index (χ1n) is 5.83. The van der Waals surface area contributed by atoms with E-state index in [2.05, 4.69) is 21.2 Å². The SMILES string of the molecule is Cn1c(CN)nnc1SCc1nc2ccccc2s1. The van der Waals surface area contributed by atoms with Crippen molar-refractivity contribution in [2.45, 2.75) is 17.5 Å². The van der Waals surface area contributed by atoms with Crippen LogP contribution in [0.15, 0.2) is 29.4 Å². The van der Waals surface area contributed by atoms with E-state index in [0.29, 0.717) is 6.54 Å². The van der Waals surface area contributed by atoms with Gasteiger partial charge >= 0.3 is 0 Å². The molecule has 2 heterocycles. The summed E-state index contributed by atoms with van der Waals surface area (Å²) in [6.45, 7) is 0.408. The van der Waals surface area contributed by atoms with Crippen LogP contribution in [0.3, 0.4) is 0 Å². The minimum atomic E-state index is 0.408. The second kappa shape index (κ2) is 5.28. The molecule has 0 spiro atoms. The minimum Gasteiger partial charge on any atom is -0.324 e. The summed E-state index contributed by atoms with van der Waals surface area (Å²) in [6.07, 6.45) is 0. The smallest absolute Gasteiger partial charge is 0.191 e. The zero-order chi connectivity index (χ0) is 13.2. The molecule has 19 heavy (non-hydrogen) atoms. The van der Waals surface area contributed by atoms with E-state index in [1.165, 1.54) is 4.70 Å². The molecule has 0 aliphatic rings. The van der Waals surface area contributed by atoms with Gasteiger partial charge in [-0.15, -0.1) is 21.5 Å². The van der Waals surface area contributed by atoms with Crippen molar-refractivity contribution in [2.24, 2.45) is 12.8 Å². The average molecular weight is 291 g/mol. The lowest BCUT2D eigenvalue weighted by Gasteiger charge is -2.00. The fourth-order valence-electron chi connectivity index (χ4n) is 1.76. The van der Waals surface area contributed by atoms with E-state index in [9.17, 15) is 0 Å². The van der Waals surface area contributed by atoms with Crippen molar-refractivity contribution in [1.29, 1.82) is 0 Å². The van der Waals surface area contributed by atoms with Gasteiger partial charge in [-0.2, -0.15) is 0 Å². The number of aromatic nitrogens is 4. The van der Waals surface area contributed by atoms with E-state index in [1.54, 1.807) is 23.1 Å². The molecule has 0 unspecified atom stereocenters. The van der Waals surface area contributed by atoms with E-state index in [-0.39, 0.29) is 0 Å². The highest BCUT2D eigenvalue weighted by atomic mass is 32.2. The highest BCUT2D eigenvalue weighted by molar-refractivity contribution is 7.98. The van der Waals surface area contributed by atoms with Crippen LogP contribution >= 0.6 is 23.1 Å². The number of nitrogens with zero attached hydrogens (tertiary/aromatic N) is 4. The molecular formula is C12H13N5S2. The lowest BCUT2D eigenvalue weighted by atomic mass is 10.3. The van der Waals surface area contributed by atoms with Crippen LogP contribution in [0.5, 0.6) is 0 Å². The Morgan fingerprint density at radius 3 is 2.89 bits per heavy atom. The van der Waals surface area contributed by atoms with Crippen LogP contribution in [0, 0.1) is 0 Å². The van der Waals surface area contributed by atoms with Crippen LogP contribution in [0.4, 0.5) is 0 Å². The first kappa shape index (κ1) is 12.6. The summed E-state index contributed by atoms with van der Waals surface area (Å²) in [7, 11) is 1.93. The second-order valence-corrected chi connectivity index (χ2v) is 6.08. The molecule has 0 aliphatic carbocycles. The summed E-state index contributed by atoms with van der Waals surface area (Å²) in [6, 6.07) is 8.17. The zero-order valence-electron chi connectivity index (χ0n) is 10.4. The predicted molar refractivity (Wildman–Crippen MR) is 78.1 cm³/mol. The Morgan fingerprint density at radius 1 is 1.32 bits per heavy atom. The predicted octanol–water partition coefficient (Wildman–Crippen LogP) is 2.18. The van der Waals surface area contributed by atoms with E-state index in [1.807, 2.05) is 29.8 Å². The van der Waals surface area contributed by atoms with Crippen LogP contribution < -0.4 is 5.73 Å². The number of para-hydroxylation sites is 1. The lowest BCUT2D eigenvalue weighted by Crippen LogP contribution is -2.05. The Balaban J connectivity index is 1.76. The zero-order valence-corrected chi connectivity index (χ0v) is 12.0. The highest BCUT2D eigenvalue weighted by Crippen LogP contribution is 2.27. The van der Waals surface area contributed by atoms with Gasteiger partial charge in [-0.3, -0.25) is 0 Å². The topological polar surface area (TPSA) is 69.6 Å². The third kappa shape index (κ3) is 2.49. The van der Waals surface area contributed by atoms with Crippen molar-refractivity contribution >= 4 is 33.3 Å². The van der Waals surface area contributed by atoms with E-state index < -0.39 is 0 Å². The van der Waals surface area contributed by atoms with Gasteiger partial charge in [0.25, 0.3) is 0 Å². The Morgan fingerprint density at radius 2 is 2.16 bits per heavy atom. The fraction of sp³-hybridized carbons (Fsp3) is 0.250. The Hall–Kier alpha value is -1.44. The van der Waals surface area contributed by atoms with Crippen molar-refractivity contribution in [2.75, 3.05) is 0 Å². The summed E-state index contributed by atoms with van der Waals surface area (Å²) in [5, 5.41) is 10.1. The molecule has 0 saturated heterocycles. The number of benzene rings is 1.